The minimum atomic E-state index is -0.166. The van der Waals surface area contributed by atoms with Gasteiger partial charge in [0.25, 0.3) is 0 Å². The molecule has 0 aromatic heterocycles. The molecule has 2 unspecified atom stereocenters. The standard InChI is InChI=1S/C30H28BrNO2/c31-18-20-7-5-8-21(15-20)22-16-23-9-6-10-24(17-22)32(23)30(33)34-19-29-27-13-3-1-11-25(27)26-12-2-4-14-28(26)29/h1-5,7-8,11-16,23-24,29H,6,9-10,17-19H2. The summed E-state index contributed by atoms with van der Waals surface area (Å²) in [6.07, 6.45) is 6.24. The van der Waals surface area contributed by atoms with E-state index in [4.69, 9.17) is 4.74 Å². The molecule has 6 rings (SSSR count). The molecule has 3 nitrogen and oxygen atoms in total. The summed E-state index contributed by atoms with van der Waals surface area (Å²) in [5.74, 6) is 0.0964. The summed E-state index contributed by atoms with van der Waals surface area (Å²) in [6, 6.07) is 26.0. The van der Waals surface area contributed by atoms with Crippen LogP contribution in [0, 0.1) is 0 Å². The van der Waals surface area contributed by atoms with Crippen LogP contribution in [0.2, 0.25) is 0 Å². The van der Waals surface area contributed by atoms with Crippen LogP contribution in [-0.4, -0.2) is 29.7 Å². The van der Waals surface area contributed by atoms with Crippen LogP contribution in [0.4, 0.5) is 4.79 Å². The molecule has 1 amide bonds. The predicted octanol–water partition coefficient (Wildman–Crippen LogP) is 7.54. The molecule has 172 valence electrons. The van der Waals surface area contributed by atoms with E-state index < -0.39 is 0 Å². The van der Waals surface area contributed by atoms with Gasteiger partial charge in [-0.3, -0.25) is 4.90 Å². The molecular formula is C30H28BrNO2. The number of rotatable bonds is 4. The number of carbonyl (C=O) groups is 1. The average molecular weight is 514 g/mol. The largest absolute Gasteiger partial charge is 0.448 e. The number of piperidine rings is 1. The van der Waals surface area contributed by atoms with Crippen molar-refractivity contribution in [2.45, 2.75) is 49.0 Å². The third-order valence-corrected chi connectivity index (χ3v) is 8.28. The third-order valence-electron chi connectivity index (χ3n) is 7.64. The number of halogens is 1. The van der Waals surface area contributed by atoms with Crippen molar-refractivity contribution in [1.82, 2.24) is 4.90 Å². The first-order chi connectivity index (χ1) is 16.7. The van der Waals surface area contributed by atoms with E-state index in [0.717, 1.165) is 31.0 Å². The zero-order valence-corrected chi connectivity index (χ0v) is 20.7. The molecule has 3 aliphatic rings. The predicted molar refractivity (Wildman–Crippen MR) is 140 cm³/mol. The van der Waals surface area contributed by atoms with Crippen molar-refractivity contribution in [3.63, 3.8) is 0 Å². The molecule has 0 radical (unpaired) electrons. The Morgan fingerprint density at radius 1 is 0.941 bits per heavy atom. The molecule has 2 bridgehead atoms. The van der Waals surface area contributed by atoms with E-state index in [2.05, 4.69) is 94.8 Å². The van der Waals surface area contributed by atoms with E-state index in [1.807, 2.05) is 4.90 Å². The maximum Gasteiger partial charge on any atom is 0.410 e. The number of nitrogens with zero attached hydrogens (tertiary/aromatic N) is 1. The van der Waals surface area contributed by atoms with Crippen LogP contribution < -0.4 is 0 Å². The van der Waals surface area contributed by atoms with Crippen LogP contribution in [-0.2, 0) is 10.1 Å². The lowest BCUT2D eigenvalue weighted by Gasteiger charge is -2.44. The van der Waals surface area contributed by atoms with Crippen LogP contribution in [0.25, 0.3) is 16.7 Å². The SMILES string of the molecule is O=C(OCC1c2ccccc2-c2ccccc21)N1C2C=C(c3cccc(CBr)c3)CC1CCC2. The Hall–Kier alpha value is -2.85. The number of hydrogen-bond donors (Lipinski definition) is 0. The van der Waals surface area contributed by atoms with Crippen molar-refractivity contribution in [2.24, 2.45) is 0 Å². The Morgan fingerprint density at radius 3 is 2.38 bits per heavy atom. The Morgan fingerprint density at radius 2 is 1.68 bits per heavy atom. The first-order valence-electron chi connectivity index (χ1n) is 12.2. The minimum Gasteiger partial charge on any atom is -0.448 e. The van der Waals surface area contributed by atoms with E-state index in [9.17, 15) is 4.79 Å². The summed E-state index contributed by atoms with van der Waals surface area (Å²) in [5, 5.41) is 0.854. The van der Waals surface area contributed by atoms with E-state index in [0.29, 0.717) is 6.61 Å². The summed E-state index contributed by atoms with van der Waals surface area (Å²) in [7, 11) is 0. The smallest absolute Gasteiger partial charge is 0.410 e. The number of hydrogen-bond acceptors (Lipinski definition) is 2. The zero-order chi connectivity index (χ0) is 23.1. The second kappa shape index (κ2) is 9.07. The van der Waals surface area contributed by atoms with Crippen LogP contribution in [0.1, 0.15) is 53.9 Å². The van der Waals surface area contributed by atoms with Crippen molar-refractivity contribution in [3.8, 4) is 11.1 Å². The molecule has 4 heteroatoms. The van der Waals surface area contributed by atoms with Gasteiger partial charge in [0.15, 0.2) is 0 Å². The van der Waals surface area contributed by atoms with Gasteiger partial charge in [0.1, 0.15) is 6.61 Å². The second-order valence-electron chi connectivity index (χ2n) is 9.59. The molecule has 3 aromatic carbocycles. The van der Waals surface area contributed by atoms with Crippen molar-refractivity contribution in [3.05, 3.63) is 101 Å². The van der Waals surface area contributed by atoms with Gasteiger partial charge >= 0.3 is 6.09 Å². The molecular weight excluding hydrogens is 486 g/mol. The summed E-state index contributed by atoms with van der Waals surface area (Å²) >= 11 is 3.57. The Kier molecular flexibility index (Phi) is 5.78. The van der Waals surface area contributed by atoms with Gasteiger partial charge < -0.3 is 4.74 Å². The lowest BCUT2D eigenvalue weighted by atomic mass is 9.83. The molecule has 0 N–H and O–H groups in total. The van der Waals surface area contributed by atoms with Gasteiger partial charge in [-0.05, 0) is 64.6 Å². The van der Waals surface area contributed by atoms with Gasteiger partial charge in [-0.1, -0.05) is 94.8 Å². The van der Waals surface area contributed by atoms with Gasteiger partial charge in [0, 0.05) is 17.3 Å². The first-order valence-corrected chi connectivity index (χ1v) is 13.3. The maximum absolute atomic E-state index is 13.4. The van der Waals surface area contributed by atoms with Crippen LogP contribution in [0.15, 0.2) is 78.9 Å². The monoisotopic (exact) mass is 513 g/mol. The van der Waals surface area contributed by atoms with Crippen molar-refractivity contribution in [2.75, 3.05) is 6.61 Å². The lowest BCUT2D eigenvalue weighted by molar-refractivity contribution is 0.0539. The van der Waals surface area contributed by atoms with E-state index in [1.54, 1.807) is 0 Å². The number of carbonyl (C=O) groups excluding carboxylic acids is 1. The van der Waals surface area contributed by atoms with Gasteiger partial charge in [-0.15, -0.1) is 0 Å². The highest BCUT2D eigenvalue weighted by atomic mass is 79.9. The molecule has 2 aliphatic heterocycles. The van der Waals surface area contributed by atoms with E-state index >= 15 is 0 Å². The van der Waals surface area contributed by atoms with Gasteiger partial charge in [-0.25, -0.2) is 4.79 Å². The highest BCUT2D eigenvalue weighted by Crippen LogP contribution is 2.45. The average Bonchev–Trinajstić information content (AvgIpc) is 3.20. The zero-order valence-electron chi connectivity index (χ0n) is 19.1. The topological polar surface area (TPSA) is 29.5 Å². The molecule has 1 aliphatic carbocycles. The number of fused-ring (bicyclic) bond motifs is 5. The molecule has 1 fully saturated rings. The van der Waals surface area contributed by atoms with E-state index in [-0.39, 0.29) is 24.1 Å². The minimum absolute atomic E-state index is 0.0964. The summed E-state index contributed by atoms with van der Waals surface area (Å²) in [5.41, 5.74) is 8.94. The molecule has 1 saturated heterocycles. The summed E-state index contributed by atoms with van der Waals surface area (Å²) in [4.78, 5) is 15.4. The quantitative estimate of drug-likeness (QED) is 0.337. The normalized spacial score (nSPS) is 21.0. The summed E-state index contributed by atoms with van der Waals surface area (Å²) < 4.78 is 6.04. The molecule has 3 aromatic rings. The highest BCUT2D eigenvalue weighted by Gasteiger charge is 2.39. The van der Waals surface area contributed by atoms with E-state index in [1.165, 1.54) is 39.0 Å². The number of alkyl halides is 1. The van der Waals surface area contributed by atoms with Crippen LogP contribution in [0.3, 0.4) is 0 Å². The molecule has 0 spiro atoms. The fourth-order valence-electron chi connectivity index (χ4n) is 6.05. The van der Waals surface area contributed by atoms with Crippen molar-refractivity contribution >= 4 is 27.6 Å². The van der Waals surface area contributed by atoms with Crippen LogP contribution >= 0.6 is 15.9 Å². The number of benzene rings is 3. The number of ether oxygens (including phenoxy) is 1. The maximum atomic E-state index is 13.4. The van der Waals surface area contributed by atoms with Crippen molar-refractivity contribution < 1.29 is 9.53 Å². The fraction of sp³-hybridized carbons (Fsp3) is 0.300. The van der Waals surface area contributed by atoms with Gasteiger partial charge in [0.2, 0.25) is 0 Å². The van der Waals surface area contributed by atoms with Gasteiger partial charge in [-0.2, -0.15) is 0 Å². The Labute approximate surface area is 209 Å². The first kappa shape index (κ1) is 21.7. The fourth-order valence-corrected chi connectivity index (χ4v) is 6.40. The molecule has 0 saturated carbocycles. The Balaban J connectivity index is 1.22. The van der Waals surface area contributed by atoms with Crippen LogP contribution in [0.5, 0.6) is 0 Å². The van der Waals surface area contributed by atoms with Gasteiger partial charge in [0.05, 0.1) is 6.04 Å². The highest BCUT2D eigenvalue weighted by molar-refractivity contribution is 9.08. The lowest BCUT2D eigenvalue weighted by Crippen LogP contribution is -2.51. The van der Waals surface area contributed by atoms with Crippen molar-refractivity contribution in [1.29, 1.82) is 0 Å². The molecule has 2 atom stereocenters. The Bertz CT molecular complexity index is 1220. The molecule has 34 heavy (non-hydrogen) atoms. The number of amides is 1. The second-order valence-corrected chi connectivity index (χ2v) is 10.2. The third kappa shape index (κ3) is 3.78. The summed E-state index contributed by atoms with van der Waals surface area (Å²) in [6.45, 7) is 0.382. The molecule has 2 heterocycles.